The molecule has 1 rings (SSSR count). The second-order valence-electron chi connectivity index (χ2n) is 2.74. The monoisotopic (exact) mass is 233 g/mol. The first-order valence-electron chi connectivity index (χ1n) is 3.93. The van der Waals surface area contributed by atoms with E-state index < -0.39 is 9.15 Å². The van der Waals surface area contributed by atoms with Gasteiger partial charge in [0, 0.05) is 11.4 Å². The number of hydrogen-bond acceptors (Lipinski definition) is 4. The molecule has 0 amide bonds. The van der Waals surface area contributed by atoms with Crippen molar-refractivity contribution in [3.05, 3.63) is 29.8 Å². The fourth-order valence-corrected chi connectivity index (χ4v) is 2.36. The van der Waals surface area contributed by atoms with Gasteiger partial charge in [-0.3, -0.25) is 4.55 Å². The van der Waals surface area contributed by atoms with Gasteiger partial charge in [0.05, 0.1) is 0 Å². The largest absolute Gasteiger partial charge is 0.399 e. The van der Waals surface area contributed by atoms with Crippen molar-refractivity contribution < 1.29 is 13.0 Å². The number of aryl methyl sites for hydroxylation is 1. The molecule has 0 spiro atoms. The molecule has 0 fully saturated rings. The van der Waals surface area contributed by atoms with Crippen LogP contribution >= 0.6 is 10.8 Å². The third kappa shape index (κ3) is 4.50. The summed E-state index contributed by atoms with van der Waals surface area (Å²) in [5.41, 5.74) is 7.16. The Morgan fingerprint density at radius 2 is 1.86 bits per heavy atom. The number of hydrogen-bond donors (Lipinski definition) is 2. The summed E-state index contributed by atoms with van der Waals surface area (Å²) in [6, 6.07) is 7.18. The summed E-state index contributed by atoms with van der Waals surface area (Å²) in [6.45, 7) is 0. The maximum Gasteiger partial charge on any atom is 0.319 e. The van der Waals surface area contributed by atoms with Crippen LogP contribution in [0.15, 0.2) is 24.3 Å². The molecule has 0 aliphatic carbocycles. The van der Waals surface area contributed by atoms with Crippen LogP contribution in [0.1, 0.15) is 5.56 Å². The quantitative estimate of drug-likeness (QED) is 0.466. The topological polar surface area (TPSA) is 80.4 Å². The van der Waals surface area contributed by atoms with E-state index in [1.165, 1.54) is 0 Å². The van der Waals surface area contributed by atoms with Crippen LogP contribution < -0.4 is 5.73 Å². The normalized spacial score (nSPS) is 11.5. The molecule has 6 heteroatoms. The summed E-state index contributed by atoms with van der Waals surface area (Å²) in [5.74, 6) is 0.336. The first kappa shape index (κ1) is 11.4. The van der Waals surface area contributed by atoms with E-state index in [9.17, 15) is 8.42 Å². The summed E-state index contributed by atoms with van der Waals surface area (Å²) in [4.78, 5) is 0. The highest BCUT2D eigenvalue weighted by atomic mass is 33.1. The average Bonchev–Trinajstić information content (AvgIpc) is 2.06. The molecule has 0 bridgehead atoms. The third-order valence-corrected chi connectivity index (χ3v) is 3.66. The molecule has 0 saturated carbocycles. The van der Waals surface area contributed by atoms with Gasteiger partial charge in [0.1, 0.15) is 0 Å². The minimum Gasteiger partial charge on any atom is -0.399 e. The van der Waals surface area contributed by atoms with Crippen LogP contribution in [0.4, 0.5) is 5.69 Å². The Kier molecular flexibility index (Phi) is 3.79. The lowest BCUT2D eigenvalue weighted by Gasteiger charge is -2.00. The summed E-state index contributed by atoms with van der Waals surface area (Å²) < 4.78 is 29.2. The van der Waals surface area contributed by atoms with Crippen molar-refractivity contribution in [2.24, 2.45) is 0 Å². The van der Waals surface area contributed by atoms with Crippen LogP contribution in [-0.2, 0) is 15.6 Å². The maximum atomic E-state index is 10.4. The van der Waals surface area contributed by atoms with Crippen LogP contribution in [0.25, 0.3) is 0 Å². The van der Waals surface area contributed by atoms with Gasteiger partial charge >= 0.3 is 9.15 Å². The van der Waals surface area contributed by atoms with E-state index >= 15 is 0 Å². The van der Waals surface area contributed by atoms with E-state index in [0.29, 0.717) is 28.7 Å². The molecule has 78 valence electrons. The van der Waals surface area contributed by atoms with Crippen LogP contribution in [0.2, 0.25) is 0 Å². The van der Waals surface area contributed by atoms with Gasteiger partial charge in [0.25, 0.3) is 0 Å². The third-order valence-electron chi connectivity index (χ3n) is 1.60. The molecule has 1 aromatic rings. The van der Waals surface area contributed by atoms with E-state index in [-0.39, 0.29) is 0 Å². The van der Waals surface area contributed by atoms with E-state index in [0.717, 1.165) is 5.56 Å². The minimum atomic E-state index is -3.91. The molecular weight excluding hydrogens is 222 g/mol. The zero-order valence-electron chi connectivity index (χ0n) is 7.38. The lowest BCUT2D eigenvalue weighted by atomic mass is 10.2. The molecular formula is C8H11NO3S2. The molecule has 0 heterocycles. The van der Waals surface area contributed by atoms with Crippen molar-refractivity contribution in [2.75, 3.05) is 11.5 Å². The van der Waals surface area contributed by atoms with Crippen molar-refractivity contribution in [1.29, 1.82) is 0 Å². The summed E-state index contributed by atoms with van der Waals surface area (Å²) in [5, 5.41) is 0. The molecule has 0 unspecified atom stereocenters. The number of benzene rings is 1. The summed E-state index contributed by atoms with van der Waals surface area (Å²) >= 11 is 0. The molecule has 0 radical (unpaired) electrons. The Balaban J connectivity index is 2.43. The second-order valence-corrected chi connectivity index (χ2v) is 6.21. The van der Waals surface area contributed by atoms with Gasteiger partial charge < -0.3 is 5.73 Å². The fourth-order valence-electron chi connectivity index (χ4n) is 0.949. The number of nitrogen functional groups attached to an aromatic ring is 1. The lowest BCUT2D eigenvalue weighted by Crippen LogP contribution is -1.95. The van der Waals surface area contributed by atoms with Crippen molar-refractivity contribution in [1.82, 2.24) is 0 Å². The molecule has 1 aromatic carbocycles. The fraction of sp³-hybridized carbons (Fsp3) is 0.250. The van der Waals surface area contributed by atoms with E-state index in [4.69, 9.17) is 10.3 Å². The lowest BCUT2D eigenvalue weighted by molar-refractivity contribution is 0.503. The first-order chi connectivity index (χ1) is 6.47. The summed E-state index contributed by atoms with van der Waals surface area (Å²) in [7, 11) is -3.38. The van der Waals surface area contributed by atoms with Gasteiger partial charge in [-0.25, -0.2) is 0 Å². The maximum absolute atomic E-state index is 10.4. The SMILES string of the molecule is Nc1ccc(CCSS(=O)(=O)O)cc1. The zero-order chi connectivity index (χ0) is 10.6. The number of nitrogens with two attached hydrogens (primary N) is 1. The first-order valence-corrected chi connectivity index (χ1v) is 6.88. The predicted octanol–water partition coefficient (Wildman–Crippen LogP) is 1.35. The Bertz CT molecular complexity index is 386. The highest BCUT2D eigenvalue weighted by Gasteiger charge is 2.04. The van der Waals surface area contributed by atoms with Crippen LogP contribution in [0.3, 0.4) is 0 Å². The van der Waals surface area contributed by atoms with Gasteiger partial charge in [0.15, 0.2) is 0 Å². The Morgan fingerprint density at radius 1 is 1.29 bits per heavy atom. The van der Waals surface area contributed by atoms with Crippen LogP contribution in [-0.4, -0.2) is 18.7 Å². The minimum absolute atomic E-state index is 0.336. The second kappa shape index (κ2) is 4.68. The van der Waals surface area contributed by atoms with Gasteiger partial charge in [0.2, 0.25) is 0 Å². The van der Waals surface area contributed by atoms with Crippen molar-refractivity contribution >= 4 is 25.6 Å². The molecule has 4 nitrogen and oxygen atoms in total. The standard InChI is InChI=1S/C8H11NO3S2/c9-8-3-1-7(2-4-8)5-6-13-14(10,11)12/h1-4H,5-6,9H2,(H,10,11,12). The zero-order valence-corrected chi connectivity index (χ0v) is 9.01. The predicted molar refractivity (Wildman–Crippen MR) is 58.6 cm³/mol. The molecule has 0 atom stereocenters. The number of rotatable bonds is 4. The van der Waals surface area contributed by atoms with Crippen molar-refractivity contribution in [3.63, 3.8) is 0 Å². The molecule has 0 aromatic heterocycles. The highest BCUT2D eigenvalue weighted by molar-refractivity contribution is 8.69. The Labute approximate surface area is 86.7 Å². The van der Waals surface area contributed by atoms with Crippen LogP contribution in [0.5, 0.6) is 0 Å². The van der Waals surface area contributed by atoms with Crippen molar-refractivity contribution in [3.8, 4) is 0 Å². The molecule has 0 saturated heterocycles. The Hall–Kier alpha value is -0.720. The Morgan fingerprint density at radius 3 is 2.36 bits per heavy atom. The van der Waals surface area contributed by atoms with Gasteiger partial charge in [-0.15, -0.1) is 0 Å². The number of anilines is 1. The smallest absolute Gasteiger partial charge is 0.319 e. The summed E-state index contributed by atoms with van der Waals surface area (Å²) in [6.07, 6.45) is 0.588. The van der Waals surface area contributed by atoms with E-state index in [2.05, 4.69) is 0 Å². The highest BCUT2D eigenvalue weighted by Crippen LogP contribution is 2.13. The van der Waals surface area contributed by atoms with Crippen molar-refractivity contribution in [2.45, 2.75) is 6.42 Å². The van der Waals surface area contributed by atoms with Crippen LogP contribution in [0, 0.1) is 0 Å². The van der Waals surface area contributed by atoms with Gasteiger partial charge in [-0.1, -0.05) is 12.1 Å². The molecule has 14 heavy (non-hydrogen) atoms. The molecule has 0 aliphatic heterocycles. The van der Waals surface area contributed by atoms with Gasteiger partial charge in [-0.2, -0.15) is 8.42 Å². The average molecular weight is 233 g/mol. The molecule has 3 N–H and O–H groups in total. The van der Waals surface area contributed by atoms with Gasteiger partial charge in [-0.05, 0) is 34.9 Å². The van der Waals surface area contributed by atoms with E-state index in [1.807, 2.05) is 12.1 Å². The van der Waals surface area contributed by atoms with E-state index in [1.54, 1.807) is 12.1 Å². The molecule has 0 aliphatic rings.